The van der Waals surface area contributed by atoms with Crippen LogP contribution in [-0.4, -0.2) is 24.7 Å². The summed E-state index contributed by atoms with van der Waals surface area (Å²) in [5.41, 5.74) is 5.19. The van der Waals surface area contributed by atoms with Crippen LogP contribution in [0.1, 0.15) is 16.1 Å². The van der Waals surface area contributed by atoms with Crippen LogP contribution in [0.15, 0.2) is 6.07 Å². The molecule has 1 aromatic heterocycles. The fourth-order valence-corrected chi connectivity index (χ4v) is 1.21. The van der Waals surface area contributed by atoms with Gasteiger partial charge in [0.25, 0.3) is 0 Å². The Hall–Kier alpha value is -1.83. The molecule has 94 valence electrons. The second-order valence-corrected chi connectivity index (χ2v) is 2.90. The fraction of sp³-hybridized carbons (Fsp3) is 0.333. The number of aromatic nitrogens is 1. The smallest absolute Gasteiger partial charge is 0.494 e. The van der Waals surface area contributed by atoms with Crippen molar-refractivity contribution >= 4 is 6.29 Å². The summed E-state index contributed by atoms with van der Waals surface area (Å²) in [7, 11) is 1.26. The van der Waals surface area contributed by atoms with Gasteiger partial charge in [-0.15, -0.1) is 13.2 Å². The van der Waals surface area contributed by atoms with Crippen molar-refractivity contribution < 1.29 is 27.4 Å². The van der Waals surface area contributed by atoms with Crippen LogP contribution in [0.5, 0.6) is 11.6 Å². The maximum atomic E-state index is 12.0. The van der Waals surface area contributed by atoms with E-state index in [1.54, 1.807) is 0 Å². The van der Waals surface area contributed by atoms with Gasteiger partial charge in [0, 0.05) is 12.6 Å². The Labute approximate surface area is 94.3 Å². The van der Waals surface area contributed by atoms with Gasteiger partial charge in [-0.05, 0) is 0 Å². The molecule has 0 amide bonds. The molecule has 0 aliphatic rings. The van der Waals surface area contributed by atoms with Crippen molar-refractivity contribution in [3.8, 4) is 11.6 Å². The van der Waals surface area contributed by atoms with Gasteiger partial charge in [-0.2, -0.15) is 0 Å². The number of halogens is 3. The molecule has 0 spiro atoms. The van der Waals surface area contributed by atoms with Crippen LogP contribution < -0.4 is 15.2 Å². The van der Waals surface area contributed by atoms with Gasteiger partial charge >= 0.3 is 6.36 Å². The number of hydrogen-bond donors (Lipinski definition) is 1. The molecule has 1 aromatic rings. The Kier molecular flexibility index (Phi) is 3.89. The molecule has 1 rings (SSSR count). The van der Waals surface area contributed by atoms with Crippen LogP contribution in [0.25, 0.3) is 0 Å². The first-order valence-electron chi connectivity index (χ1n) is 4.40. The molecule has 0 bridgehead atoms. The molecular formula is C9H9F3N2O3. The van der Waals surface area contributed by atoms with Crippen molar-refractivity contribution in [2.75, 3.05) is 7.11 Å². The van der Waals surface area contributed by atoms with Crippen molar-refractivity contribution in [2.45, 2.75) is 12.9 Å². The van der Waals surface area contributed by atoms with Crippen molar-refractivity contribution in [1.82, 2.24) is 4.98 Å². The minimum Gasteiger partial charge on any atom is -0.494 e. The number of aldehydes is 1. The summed E-state index contributed by atoms with van der Waals surface area (Å²) < 4.78 is 44.4. The molecule has 0 atom stereocenters. The van der Waals surface area contributed by atoms with E-state index in [4.69, 9.17) is 10.5 Å². The molecule has 17 heavy (non-hydrogen) atoms. The van der Waals surface area contributed by atoms with Crippen molar-refractivity contribution in [1.29, 1.82) is 0 Å². The third kappa shape index (κ3) is 3.31. The van der Waals surface area contributed by atoms with E-state index >= 15 is 0 Å². The maximum Gasteiger partial charge on any atom is 0.574 e. The zero-order chi connectivity index (χ0) is 13.1. The fourth-order valence-electron chi connectivity index (χ4n) is 1.21. The summed E-state index contributed by atoms with van der Waals surface area (Å²) in [6.07, 6.45) is -4.55. The zero-order valence-electron chi connectivity index (χ0n) is 8.75. The minimum atomic E-state index is -4.88. The lowest BCUT2D eigenvalue weighted by molar-refractivity contribution is -0.276. The van der Waals surface area contributed by atoms with E-state index in [-0.39, 0.29) is 23.6 Å². The highest BCUT2D eigenvalue weighted by molar-refractivity contribution is 5.80. The molecule has 0 saturated heterocycles. The monoisotopic (exact) mass is 250 g/mol. The number of rotatable bonds is 4. The molecular weight excluding hydrogens is 241 g/mol. The normalized spacial score (nSPS) is 11.1. The van der Waals surface area contributed by atoms with E-state index in [1.165, 1.54) is 7.11 Å². The number of ether oxygens (including phenoxy) is 2. The van der Waals surface area contributed by atoms with Gasteiger partial charge in [0.2, 0.25) is 5.88 Å². The predicted molar refractivity (Wildman–Crippen MR) is 50.8 cm³/mol. The molecule has 1 heterocycles. The summed E-state index contributed by atoms with van der Waals surface area (Å²) in [4.78, 5) is 14.2. The van der Waals surface area contributed by atoms with Crippen molar-refractivity contribution in [3.63, 3.8) is 0 Å². The lowest BCUT2D eigenvalue weighted by Crippen LogP contribution is -2.19. The first kappa shape index (κ1) is 13.2. The van der Waals surface area contributed by atoms with E-state index in [2.05, 4.69) is 9.72 Å². The number of alkyl halides is 3. The standard InChI is InChI=1S/C9H9F3N2O3/c1-16-8-5(4-15)2-7(14-6(8)3-13)17-9(10,11)12/h2,4H,3,13H2,1H3. The van der Waals surface area contributed by atoms with Crippen LogP contribution in [0, 0.1) is 0 Å². The number of carbonyl (C=O) groups is 1. The van der Waals surface area contributed by atoms with Crippen LogP contribution >= 0.6 is 0 Å². The van der Waals surface area contributed by atoms with Gasteiger partial charge in [-0.1, -0.05) is 0 Å². The third-order valence-electron chi connectivity index (χ3n) is 1.79. The number of nitrogens with zero attached hydrogens (tertiary/aromatic N) is 1. The number of methoxy groups -OCH3 is 1. The van der Waals surface area contributed by atoms with Crippen LogP contribution in [0.4, 0.5) is 13.2 Å². The van der Waals surface area contributed by atoms with Crippen LogP contribution in [0.2, 0.25) is 0 Å². The van der Waals surface area contributed by atoms with Crippen LogP contribution in [-0.2, 0) is 6.54 Å². The summed E-state index contributed by atoms with van der Waals surface area (Å²) in [6, 6.07) is 0.832. The van der Waals surface area contributed by atoms with E-state index in [9.17, 15) is 18.0 Å². The molecule has 0 radical (unpaired) electrons. The Morgan fingerprint density at radius 2 is 2.18 bits per heavy atom. The van der Waals surface area contributed by atoms with E-state index < -0.39 is 12.2 Å². The second-order valence-electron chi connectivity index (χ2n) is 2.90. The highest BCUT2D eigenvalue weighted by Gasteiger charge is 2.32. The highest BCUT2D eigenvalue weighted by Crippen LogP contribution is 2.28. The van der Waals surface area contributed by atoms with E-state index in [0.717, 1.165) is 6.07 Å². The molecule has 0 unspecified atom stereocenters. The van der Waals surface area contributed by atoms with Crippen molar-refractivity contribution in [3.05, 3.63) is 17.3 Å². The third-order valence-corrected chi connectivity index (χ3v) is 1.79. The molecule has 2 N–H and O–H groups in total. The Morgan fingerprint density at radius 3 is 2.59 bits per heavy atom. The number of nitrogens with two attached hydrogens (primary N) is 1. The molecule has 5 nitrogen and oxygen atoms in total. The molecule has 0 aliphatic carbocycles. The topological polar surface area (TPSA) is 74.4 Å². The quantitative estimate of drug-likeness (QED) is 0.814. The molecule has 0 saturated carbocycles. The second kappa shape index (κ2) is 5.00. The maximum absolute atomic E-state index is 12.0. The molecule has 8 heteroatoms. The molecule has 0 aliphatic heterocycles. The van der Waals surface area contributed by atoms with E-state index in [1.807, 2.05) is 0 Å². The summed E-state index contributed by atoms with van der Waals surface area (Å²) >= 11 is 0. The summed E-state index contributed by atoms with van der Waals surface area (Å²) in [5.74, 6) is -0.710. The molecule has 0 fully saturated rings. The lowest BCUT2D eigenvalue weighted by atomic mass is 10.2. The highest BCUT2D eigenvalue weighted by atomic mass is 19.4. The predicted octanol–water partition coefficient (Wildman–Crippen LogP) is 1.26. The van der Waals surface area contributed by atoms with Gasteiger partial charge in [-0.3, -0.25) is 4.79 Å². The Morgan fingerprint density at radius 1 is 1.53 bits per heavy atom. The van der Waals surface area contributed by atoms with Crippen LogP contribution in [0.3, 0.4) is 0 Å². The van der Waals surface area contributed by atoms with Gasteiger partial charge in [0.1, 0.15) is 5.69 Å². The average Bonchev–Trinajstić information content (AvgIpc) is 2.25. The largest absolute Gasteiger partial charge is 0.574 e. The van der Waals surface area contributed by atoms with Gasteiger partial charge < -0.3 is 15.2 Å². The lowest BCUT2D eigenvalue weighted by Gasteiger charge is -2.12. The minimum absolute atomic E-state index is 0.0105. The van der Waals surface area contributed by atoms with E-state index in [0.29, 0.717) is 6.29 Å². The Balaban J connectivity index is 3.22. The summed E-state index contributed by atoms with van der Waals surface area (Å²) in [6.45, 7) is -0.181. The van der Waals surface area contributed by atoms with Gasteiger partial charge in [0.05, 0.1) is 12.7 Å². The zero-order valence-corrected chi connectivity index (χ0v) is 8.75. The first-order chi connectivity index (χ1) is 7.91. The number of pyridine rings is 1. The van der Waals surface area contributed by atoms with Gasteiger partial charge in [0.15, 0.2) is 12.0 Å². The van der Waals surface area contributed by atoms with Crippen molar-refractivity contribution in [2.24, 2.45) is 5.73 Å². The number of hydrogen-bond acceptors (Lipinski definition) is 5. The number of carbonyl (C=O) groups excluding carboxylic acids is 1. The first-order valence-corrected chi connectivity index (χ1v) is 4.40. The Bertz CT molecular complexity index is 421. The van der Waals surface area contributed by atoms with Gasteiger partial charge in [-0.25, -0.2) is 4.98 Å². The summed E-state index contributed by atoms with van der Waals surface area (Å²) in [5, 5.41) is 0. The SMILES string of the molecule is COc1c(C=O)cc(OC(F)(F)F)nc1CN. The molecule has 0 aromatic carbocycles. The average molecular weight is 250 g/mol.